The molecule has 1 aromatic rings. The molecule has 0 aromatic heterocycles. The van der Waals surface area contributed by atoms with Gasteiger partial charge in [-0.15, -0.1) is 11.8 Å². The zero-order chi connectivity index (χ0) is 11.3. The van der Waals surface area contributed by atoms with Gasteiger partial charge in [0.05, 0.1) is 0 Å². The predicted molar refractivity (Wildman–Crippen MR) is 69.6 cm³/mol. The van der Waals surface area contributed by atoms with Crippen molar-refractivity contribution < 1.29 is 0 Å². The van der Waals surface area contributed by atoms with Gasteiger partial charge >= 0.3 is 0 Å². The summed E-state index contributed by atoms with van der Waals surface area (Å²) in [5.41, 5.74) is 1.34. The fourth-order valence-corrected chi connectivity index (χ4v) is 2.63. The maximum atomic E-state index is 3.46. The topological polar surface area (TPSA) is 12.0 Å². The largest absolute Gasteiger partial charge is 0.313 e. The zero-order valence-corrected chi connectivity index (χ0v) is 10.9. The van der Waals surface area contributed by atoms with Gasteiger partial charge in [0.1, 0.15) is 0 Å². The van der Waals surface area contributed by atoms with Crippen LogP contribution in [0, 0.1) is 6.92 Å². The van der Waals surface area contributed by atoms with E-state index in [2.05, 4.69) is 57.3 Å². The average molecular weight is 223 g/mol. The number of rotatable bonds is 5. The maximum Gasteiger partial charge on any atom is 0.0217 e. The Labute approximate surface area is 97.7 Å². The Morgan fingerprint density at radius 1 is 1.33 bits per heavy atom. The van der Waals surface area contributed by atoms with Crippen molar-refractivity contribution in [1.29, 1.82) is 0 Å². The molecule has 0 bridgehead atoms. The Kier molecular flexibility index (Phi) is 5.20. The second-order valence-electron chi connectivity index (χ2n) is 3.99. The van der Waals surface area contributed by atoms with Crippen molar-refractivity contribution in [2.75, 3.05) is 6.54 Å². The Balaban J connectivity index is 2.54. The molecule has 1 nitrogen and oxygen atoms in total. The van der Waals surface area contributed by atoms with Crippen LogP contribution in [0.25, 0.3) is 0 Å². The molecular weight excluding hydrogens is 202 g/mol. The van der Waals surface area contributed by atoms with E-state index >= 15 is 0 Å². The molecular formula is C13H21NS. The van der Waals surface area contributed by atoms with Crippen LogP contribution in [-0.4, -0.2) is 17.8 Å². The number of hydrogen-bond acceptors (Lipinski definition) is 2. The van der Waals surface area contributed by atoms with E-state index in [-0.39, 0.29) is 0 Å². The molecule has 0 saturated carbocycles. The van der Waals surface area contributed by atoms with E-state index in [0.717, 1.165) is 6.54 Å². The highest BCUT2D eigenvalue weighted by atomic mass is 32.2. The van der Waals surface area contributed by atoms with Crippen molar-refractivity contribution in [3.63, 3.8) is 0 Å². The van der Waals surface area contributed by atoms with Crippen LogP contribution in [0.1, 0.15) is 26.3 Å². The molecule has 0 fully saturated rings. The molecule has 15 heavy (non-hydrogen) atoms. The lowest BCUT2D eigenvalue weighted by Gasteiger charge is -2.20. The predicted octanol–water partition coefficient (Wildman–Crippen LogP) is 3.47. The minimum atomic E-state index is 0.556. The molecule has 2 heteroatoms. The highest BCUT2D eigenvalue weighted by Crippen LogP contribution is 2.25. The third-order valence-electron chi connectivity index (χ3n) is 2.54. The van der Waals surface area contributed by atoms with E-state index in [4.69, 9.17) is 0 Å². The van der Waals surface area contributed by atoms with Crippen molar-refractivity contribution in [2.24, 2.45) is 0 Å². The Morgan fingerprint density at radius 2 is 2.07 bits per heavy atom. The first kappa shape index (κ1) is 12.6. The van der Waals surface area contributed by atoms with Gasteiger partial charge in [-0.3, -0.25) is 0 Å². The van der Waals surface area contributed by atoms with E-state index in [9.17, 15) is 0 Å². The summed E-state index contributed by atoms with van der Waals surface area (Å²) in [6, 6.07) is 9.26. The molecule has 1 aromatic carbocycles. The van der Waals surface area contributed by atoms with Gasteiger partial charge in [0, 0.05) is 16.2 Å². The summed E-state index contributed by atoms with van der Waals surface area (Å²) in [7, 11) is 0. The van der Waals surface area contributed by atoms with Crippen molar-refractivity contribution in [2.45, 2.75) is 43.9 Å². The van der Waals surface area contributed by atoms with Gasteiger partial charge in [-0.25, -0.2) is 0 Å². The highest BCUT2D eigenvalue weighted by molar-refractivity contribution is 8.00. The lowest BCUT2D eigenvalue weighted by atomic mass is 10.2. The summed E-state index contributed by atoms with van der Waals surface area (Å²) in [5.74, 6) is 0. The smallest absolute Gasteiger partial charge is 0.0217 e. The molecule has 0 radical (unpaired) electrons. The SMILES string of the molecule is CCNC(C)C(C)Sc1cccc(C)c1. The third-order valence-corrected chi connectivity index (χ3v) is 3.85. The first-order chi connectivity index (χ1) is 7.13. The summed E-state index contributed by atoms with van der Waals surface area (Å²) in [5, 5.41) is 4.06. The Hall–Kier alpha value is -0.470. The van der Waals surface area contributed by atoms with Crippen molar-refractivity contribution in [3.8, 4) is 0 Å². The van der Waals surface area contributed by atoms with Crippen LogP contribution in [0.15, 0.2) is 29.2 Å². The minimum absolute atomic E-state index is 0.556. The highest BCUT2D eigenvalue weighted by Gasteiger charge is 2.11. The Bertz CT molecular complexity index is 298. The minimum Gasteiger partial charge on any atom is -0.313 e. The van der Waals surface area contributed by atoms with Crippen LogP contribution in [0.2, 0.25) is 0 Å². The van der Waals surface area contributed by atoms with Crippen molar-refractivity contribution >= 4 is 11.8 Å². The van der Waals surface area contributed by atoms with Crippen LogP contribution in [0.4, 0.5) is 0 Å². The normalized spacial score (nSPS) is 14.9. The van der Waals surface area contributed by atoms with Crippen molar-refractivity contribution in [1.82, 2.24) is 5.32 Å². The molecule has 2 unspecified atom stereocenters. The molecule has 0 aliphatic heterocycles. The van der Waals surface area contributed by atoms with E-state index < -0.39 is 0 Å². The Morgan fingerprint density at radius 3 is 2.67 bits per heavy atom. The molecule has 84 valence electrons. The van der Waals surface area contributed by atoms with Crippen LogP contribution in [0.5, 0.6) is 0 Å². The zero-order valence-electron chi connectivity index (χ0n) is 10.1. The molecule has 0 aliphatic rings. The monoisotopic (exact) mass is 223 g/mol. The number of nitrogens with one attached hydrogen (secondary N) is 1. The second-order valence-corrected chi connectivity index (χ2v) is 5.44. The van der Waals surface area contributed by atoms with E-state index in [1.54, 1.807) is 0 Å². The molecule has 0 heterocycles. The first-order valence-electron chi connectivity index (χ1n) is 5.60. The molecule has 1 N–H and O–H groups in total. The van der Waals surface area contributed by atoms with Crippen molar-refractivity contribution in [3.05, 3.63) is 29.8 Å². The third kappa shape index (κ3) is 4.27. The summed E-state index contributed by atoms with van der Waals surface area (Å²) < 4.78 is 0. The summed E-state index contributed by atoms with van der Waals surface area (Å²) in [4.78, 5) is 1.37. The number of hydrogen-bond donors (Lipinski definition) is 1. The van der Waals surface area contributed by atoms with Gasteiger partial charge in [0.15, 0.2) is 0 Å². The molecule has 0 saturated heterocycles. The lowest BCUT2D eigenvalue weighted by Crippen LogP contribution is -2.33. The number of thioether (sulfide) groups is 1. The summed E-state index contributed by atoms with van der Waals surface area (Å²) in [6.07, 6.45) is 0. The van der Waals surface area contributed by atoms with Crippen LogP contribution in [-0.2, 0) is 0 Å². The standard InChI is InChI=1S/C13H21NS/c1-5-14-11(3)12(4)15-13-8-6-7-10(2)9-13/h6-9,11-12,14H,5H2,1-4H3. The number of benzene rings is 1. The average Bonchev–Trinajstić information content (AvgIpc) is 2.18. The van der Waals surface area contributed by atoms with Gasteiger partial charge in [0.2, 0.25) is 0 Å². The fraction of sp³-hybridized carbons (Fsp3) is 0.538. The van der Waals surface area contributed by atoms with Crippen LogP contribution < -0.4 is 5.32 Å². The van der Waals surface area contributed by atoms with Gasteiger partial charge < -0.3 is 5.32 Å². The fourth-order valence-electron chi connectivity index (χ4n) is 1.49. The van der Waals surface area contributed by atoms with Gasteiger partial charge in [-0.1, -0.05) is 31.5 Å². The first-order valence-corrected chi connectivity index (χ1v) is 6.48. The van der Waals surface area contributed by atoms with Gasteiger partial charge in [-0.2, -0.15) is 0 Å². The molecule has 0 aliphatic carbocycles. The molecule has 2 atom stereocenters. The van der Waals surface area contributed by atoms with E-state index in [0.29, 0.717) is 11.3 Å². The molecule has 1 rings (SSSR count). The second kappa shape index (κ2) is 6.19. The molecule has 0 amide bonds. The van der Waals surface area contributed by atoms with E-state index in [1.807, 2.05) is 11.8 Å². The lowest BCUT2D eigenvalue weighted by molar-refractivity contribution is 0.563. The number of aryl methyl sites for hydroxylation is 1. The maximum absolute atomic E-state index is 3.46. The van der Waals surface area contributed by atoms with Crippen LogP contribution in [0.3, 0.4) is 0 Å². The van der Waals surface area contributed by atoms with E-state index in [1.165, 1.54) is 10.5 Å². The van der Waals surface area contributed by atoms with Gasteiger partial charge in [0.25, 0.3) is 0 Å². The summed E-state index contributed by atoms with van der Waals surface area (Å²) >= 11 is 1.94. The summed E-state index contributed by atoms with van der Waals surface area (Å²) in [6.45, 7) is 9.86. The molecule has 0 spiro atoms. The quantitative estimate of drug-likeness (QED) is 0.767. The van der Waals surface area contributed by atoms with Gasteiger partial charge in [-0.05, 0) is 32.5 Å². The van der Waals surface area contributed by atoms with Crippen LogP contribution >= 0.6 is 11.8 Å².